The smallest absolute Gasteiger partial charge is 0.269 e. The molecule has 2 aromatic carbocycles. The van der Waals surface area contributed by atoms with Crippen molar-refractivity contribution in [3.8, 4) is 11.5 Å². The lowest BCUT2D eigenvalue weighted by molar-refractivity contribution is -0.384. The van der Waals surface area contributed by atoms with E-state index in [0.29, 0.717) is 27.7 Å². The quantitative estimate of drug-likeness (QED) is 0.428. The van der Waals surface area contributed by atoms with Crippen LogP contribution in [0.4, 0.5) is 10.8 Å². The number of anilines is 1. The van der Waals surface area contributed by atoms with Crippen LogP contribution in [0.1, 0.15) is 5.56 Å². The number of ether oxygens (including phenoxy) is 2. The van der Waals surface area contributed by atoms with E-state index in [4.69, 9.17) is 9.47 Å². The van der Waals surface area contributed by atoms with Gasteiger partial charge >= 0.3 is 0 Å². The summed E-state index contributed by atoms with van der Waals surface area (Å²) in [4.78, 5) is 26.6. The van der Waals surface area contributed by atoms with Crippen LogP contribution in [-0.4, -0.2) is 22.6 Å². The van der Waals surface area contributed by atoms with Gasteiger partial charge in [-0.25, -0.2) is 4.98 Å². The van der Waals surface area contributed by atoms with Crippen molar-refractivity contribution in [3.05, 3.63) is 58.2 Å². The van der Waals surface area contributed by atoms with Crippen LogP contribution in [0.2, 0.25) is 0 Å². The number of carbonyl (C=O) groups excluding carboxylic acids is 1. The normalized spacial score (nSPS) is 12.6. The molecule has 0 aliphatic carbocycles. The molecule has 9 heteroatoms. The highest BCUT2D eigenvalue weighted by molar-refractivity contribution is 7.22. The summed E-state index contributed by atoms with van der Waals surface area (Å²) in [6.07, 6.45) is 2.92. The summed E-state index contributed by atoms with van der Waals surface area (Å²) < 4.78 is 11.5. The third kappa shape index (κ3) is 3.20. The highest BCUT2D eigenvalue weighted by Crippen LogP contribution is 2.38. The third-order valence-corrected chi connectivity index (χ3v) is 4.58. The number of thiazole rings is 1. The standard InChI is InChI=1S/C17H11N3O5S/c21-16(6-3-10-1-4-11(5-2-10)20(22)23)19-17-18-12-7-13-14(25-9-24-13)8-15(12)26-17/h1-8H,9H2,(H,18,19,21). The molecule has 1 aliphatic rings. The van der Waals surface area contributed by atoms with E-state index >= 15 is 0 Å². The first-order chi connectivity index (χ1) is 12.6. The van der Waals surface area contributed by atoms with Crippen molar-refractivity contribution in [3.63, 3.8) is 0 Å². The monoisotopic (exact) mass is 369 g/mol. The molecular formula is C17H11N3O5S. The lowest BCUT2D eigenvalue weighted by Crippen LogP contribution is -2.07. The molecule has 8 nitrogen and oxygen atoms in total. The molecule has 0 fully saturated rings. The molecule has 0 saturated carbocycles. The number of nitro groups is 1. The van der Waals surface area contributed by atoms with E-state index < -0.39 is 4.92 Å². The molecule has 0 atom stereocenters. The molecule has 3 aromatic rings. The minimum absolute atomic E-state index is 0.000864. The van der Waals surface area contributed by atoms with Gasteiger partial charge in [-0.1, -0.05) is 11.3 Å². The van der Waals surface area contributed by atoms with Crippen molar-refractivity contribution in [2.45, 2.75) is 0 Å². The molecular weight excluding hydrogens is 358 g/mol. The number of fused-ring (bicyclic) bond motifs is 2. The lowest BCUT2D eigenvalue weighted by atomic mass is 10.2. The maximum Gasteiger partial charge on any atom is 0.269 e. The number of aromatic nitrogens is 1. The molecule has 1 aliphatic heterocycles. The van der Waals surface area contributed by atoms with Gasteiger partial charge in [-0.05, 0) is 23.8 Å². The first-order valence-corrected chi connectivity index (χ1v) is 8.34. The zero-order valence-corrected chi connectivity index (χ0v) is 14.0. The topological polar surface area (TPSA) is 104 Å². The van der Waals surface area contributed by atoms with E-state index in [0.717, 1.165) is 4.70 Å². The van der Waals surface area contributed by atoms with Crippen molar-refractivity contribution < 1.29 is 19.2 Å². The van der Waals surface area contributed by atoms with Crippen molar-refractivity contribution in [1.29, 1.82) is 0 Å². The van der Waals surface area contributed by atoms with Gasteiger partial charge in [0, 0.05) is 30.3 Å². The molecule has 130 valence electrons. The van der Waals surface area contributed by atoms with Gasteiger partial charge in [0.15, 0.2) is 16.6 Å². The van der Waals surface area contributed by atoms with Gasteiger partial charge in [0.05, 0.1) is 15.1 Å². The molecule has 0 spiro atoms. The molecule has 26 heavy (non-hydrogen) atoms. The predicted octanol–water partition coefficient (Wildman–Crippen LogP) is 3.59. The number of benzene rings is 2. The molecule has 0 unspecified atom stereocenters. The lowest BCUT2D eigenvalue weighted by Gasteiger charge is -1.96. The van der Waals surface area contributed by atoms with Crippen molar-refractivity contribution in [2.75, 3.05) is 12.1 Å². The summed E-state index contributed by atoms with van der Waals surface area (Å²) >= 11 is 1.33. The summed E-state index contributed by atoms with van der Waals surface area (Å²) in [7, 11) is 0. The van der Waals surface area contributed by atoms with E-state index in [9.17, 15) is 14.9 Å². The predicted molar refractivity (Wildman–Crippen MR) is 96.5 cm³/mol. The van der Waals surface area contributed by atoms with Gasteiger partial charge in [-0.3, -0.25) is 20.2 Å². The fourth-order valence-corrected chi connectivity index (χ4v) is 3.28. The van der Waals surface area contributed by atoms with Gasteiger partial charge in [-0.2, -0.15) is 0 Å². The minimum Gasteiger partial charge on any atom is -0.454 e. The average molecular weight is 369 g/mol. The van der Waals surface area contributed by atoms with Crippen LogP contribution in [-0.2, 0) is 4.79 Å². The first kappa shape index (κ1) is 16.0. The van der Waals surface area contributed by atoms with Crippen LogP contribution in [0.5, 0.6) is 11.5 Å². The van der Waals surface area contributed by atoms with Gasteiger partial charge in [-0.15, -0.1) is 0 Å². The second-order valence-electron chi connectivity index (χ2n) is 5.36. The number of hydrogen-bond donors (Lipinski definition) is 1. The molecule has 1 aromatic heterocycles. The van der Waals surface area contributed by atoms with Crippen LogP contribution in [0, 0.1) is 10.1 Å². The molecule has 0 bridgehead atoms. The van der Waals surface area contributed by atoms with E-state index in [-0.39, 0.29) is 18.4 Å². The minimum atomic E-state index is -0.473. The largest absolute Gasteiger partial charge is 0.454 e. The van der Waals surface area contributed by atoms with Crippen LogP contribution < -0.4 is 14.8 Å². The van der Waals surface area contributed by atoms with Crippen LogP contribution in [0.15, 0.2) is 42.5 Å². The maximum atomic E-state index is 12.1. The third-order valence-electron chi connectivity index (χ3n) is 3.64. The van der Waals surface area contributed by atoms with Crippen LogP contribution >= 0.6 is 11.3 Å². The Morgan fingerprint density at radius 2 is 1.96 bits per heavy atom. The Balaban J connectivity index is 1.46. The Hall–Kier alpha value is -3.46. The van der Waals surface area contributed by atoms with Crippen LogP contribution in [0.3, 0.4) is 0 Å². The highest BCUT2D eigenvalue weighted by Gasteiger charge is 2.16. The summed E-state index contributed by atoms with van der Waals surface area (Å²) in [6.45, 7) is 0.198. The number of nitro benzene ring substituents is 1. The number of non-ortho nitro benzene ring substituents is 1. The maximum absolute atomic E-state index is 12.1. The number of rotatable bonds is 4. The number of nitrogens with zero attached hydrogens (tertiary/aromatic N) is 2. The zero-order chi connectivity index (χ0) is 18.1. The average Bonchev–Trinajstić information content (AvgIpc) is 3.23. The van der Waals surface area contributed by atoms with Gasteiger partial charge in [0.1, 0.15) is 0 Å². The SMILES string of the molecule is O=C(C=Cc1ccc([N+](=O)[O-])cc1)Nc1nc2cc3c(cc2s1)OCO3. The Morgan fingerprint density at radius 3 is 2.69 bits per heavy atom. The summed E-state index contributed by atoms with van der Waals surface area (Å²) in [5, 5.41) is 13.8. The van der Waals surface area contributed by atoms with Crippen molar-refractivity contribution >= 4 is 44.4 Å². The number of hydrogen-bond acceptors (Lipinski definition) is 7. The second kappa shape index (κ2) is 6.45. The summed E-state index contributed by atoms with van der Waals surface area (Å²) in [5.41, 5.74) is 1.40. The Bertz CT molecular complexity index is 1000. The van der Waals surface area contributed by atoms with Gasteiger partial charge in [0.25, 0.3) is 5.69 Å². The fourth-order valence-electron chi connectivity index (χ4n) is 2.40. The van der Waals surface area contributed by atoms with E-state index in [2.05, 4.69) is 10.3 Å². The van der Waals surface area contributed by atoms with Gasteiger partial charge < -0.3 is 9.47 Å². The number of carbonyl (C=O) groups is 1. The highest BCUT2D eigenvalue weighted by atomic mass is 32.1. The Morgan fingerprint density at radius 1 is 1.23 bits per heavy atom. The molecule has 0 radical (unpaired) electrons. The van der Waals surface area contributed by atoms with E-state index in [1.54, 1.807) is 24.3 Å². The van der Waals surface area contributed by atoms with E-state index in [1.165, 1.54) is 29.5 Å². The Kier molecular flexibility index (Phi) is 3.98. The molecule has 1 N–H and O–H groups in total. The molecule has 1 amide bonds. The Labute approximate surface area is 150 Å². The van der Waals surface area contributed by atoms with Crippen molar-refractivity contribution in [2.24, 2.45) is 0 Å². The zero-order valence-electron chi connectivity index (χ0n) is 13.2. The van der Waals surface area contributed by atoms with E-state index in [1.807, 2.05) is 6.07 Å². The molecule has 2 heterocycles. The van der Waals surface area contributed by atoms with Gasteiger partial charge in [0.2, 0.25) is 12.7 Å². The van der Waals surface area contributed by atoms with Crippen LogP contribution in [0.25, 0.3) is 16.3 Å². The number of nitrogens with one attached hydrogen (secondary N) is 1. The summed E-state index contributed by atoms with van der Waals surface area (Å²) in [5.74, 6) is 0.957. The first-order valence-electron chi connectivity index (χ1n) is 7.52. The molecule has 4 rings (SSSR count). The molecule has 0 saturated heterocycles. The second-order valence-corrected chi connectivity index (χ2v) is 6.39. The van der Waals surface area contributed by atoms with Crippen molar-refractivity contribution in [1.82, 2.24) is 4.98 Å². The summed E-state index contributed by atoms with van der Waals surface area (Å²) in [6, 6.07) is 9.51. The fraction of sp³-hybridized carbons (Fsp3) is 0.0588. The number of amides is 1.